The largest absolute Gasteiger partial charge is 0.465 e. The molecule has 0 aliphatic heterocycles. The Morgan fingerprint density at radius 2 is 1.90 bits per heavy atom. The Labute approximate surface area is 176 Å². The molecule has 0 aliphatic carbocycles. The molecule has 0 bridgehead atoms. The van der Waals surface area contributed by atoms with Gasteiger partial charge in [-0.25, -0.2) is 8.78 Å². The maximum Gasteiger partial charge on any atom is 0.270 e. The lowest BCUT2D eigenvalue weighted by molar-refractivity contribution is -0.116. The predicted molar refractivity (Wildman–Crippen MR) is 109 cm³/mol. The summed E-state index contributed by atoms with van der Waals surface area (Å²) in [5.74, 6) is -1.70. The van der Waals surface area contributed by atoms with Gasteiger partial charge < -0.3 is 9.73 Å². The molecule has 1 unspecified atom stereocenters. The Bertz CT molecular complexity index is 1220. The van der Waals surface area contributed by atoms with Crippen LogP contribution in [0, 0.1) is 11.6 Å². The molecule has 156 valence electrons. The first-order valence-corrected chi connectivity index (χ1v) is 9.38. The Hall–Kier alpha value is -4.14. The molecule has 0 saturated carbocycles. The Kier molecular flexibility index (Phi) is 5.65. The second-order valence-electron chi connectivity index (χ2n) is 6.69. The van der Waals surface area contributed by atoms with E-state index in [2.05, 4.69) is 20.8 Å². The fourth-order valence-corrected chi connectivity index (χ4v) is 2.98. The van der Waals surface area contributed by atoms with Crippen molar-refractivity contribution in [1.29, 1.82) is 0 Å². The quantitative estimate of drug-likeness (QED) is 0.474. The van der Waals surface area contributed by atoms with Crippen molar-refractivity contribution in [1.82, 2.24) is 25.5 Å². The number of tetrazole rings is 1. The van der Waals surface area contributed by atoms with E-state index in [0.717, 1.165) is 12.1 Å². The van der Waals surface area contributed by atoms with E-state index in [1.165, 1.54) is 23.1 Å². The molecule has 4 rings (SSSR count). The van der Waals surface area contributed by atoms with Crippen molar-refractivity contribution < 1.29 is 18.0 Å². The van der Waals surface area contributed by atoms with Crippen molar-refractivity contribution >= 4 is 17.7 Å². The summed E-state index contributed by atoms with van der Waals surface area (Å²) >= 11 is 0. The van der Waals surface area contributed by atoms with E-state index in [9.17, 15) is 13.6 Å². The Balaban J connectivity index is 1.69. The lowest BCUT2D eigenvalue weighted by Crippen LogP contribution is -2.30. The minimum absolute atomic E-state index is 0.0910. The van der Waals surface area contributed by atoms with Crippen molar-refractivity contribution in [2.75, 3.05) is 0 Å². The SMILES string of the molecule is CC(NC(=O)/C(=C/c1ccco1)n1nnnc1-c1ccccc1)c1ccc(F)c(F)c1. The molecule has 2 heterocycles. The molecule has 1 amide bonds. The number of benzene rings is 2. The van der Waals surface area contributed by atoms with Crippen molar-refractivity contribution in [3.05, 3.63) is 89.9 Å². The van der Waals surface area contributed by atoms with Crippen molar-refractivity contribution in [2.24, 2.45) is 0 Å². The van der Waals surface area contributed by atoms with Crippen LogP contribution < -0.4 is 5.32 Å². The number of carbonyl (C=O) groups excluding carboxylic acids is 1. The summed E-state index contributed by atoms with van der Waals surface area (Å²) in [4.78, 5) is 13.2. The highest BCUT2D eigenvalue weighted by Crippen LogP contribution is 2.22. The Morgan fingerprint density at radius 1 is 1.10 bits per heavy atom. The molecule has 9 heteroatoms. The summed E-state index contributed by atoms with van der Waals surface area (Å²) < 4.78 is 33.5. The van der Waals surface area contributed by atoms with Gasteiger partial charge in [0.1, 0.15) is 11.5 Å². The summed E-state index contributed by atoms with van der Waals surface area (Å²) in [6.07, 6.45) is 2.97. The average Bonchev–Trinajstić information content (AvgIpc) is 3.46. The fourth-order valence-electron chi connectivity index (χ4n) is 2.98. The van der Waals surface area contributed by atoms with Crippen molar-refractivity contribution in [3.8, 4) is 11.4 Å². The van der Waals surface area contributed by atoms with Gasteiger partial charge in [-0.05, 0) is 47.2 Å². The number of amides is 1. The number of hydrogen-bond acceptors (Lipinski definition) is 5. The van der Waals surface area contributed by atoms with E-state index in [0.29, 0.717) is 22.7 Å². The van der Waals surface area contributed by atoms with Crippen LogP contribution in [-0.2, 0) is 4.79 Å². The first kappa shape index (κ1) is 20.1. The third-order valence-electron chi connectivity index (χ3n) is 4.58. The van der Waals surface area contributed by atoms with E-state index >= 15 is 0 Å². The molecule has 7 nitrogen and oxygen atoms in total. The van der Waals surface area contributed by atoms with Crippen LogP contribution in [0.15, 0.2) is 71.3 Å². The molecule has 0 fully saturated rings. The van der Waals surface area contributed by atoms with Crippen LogP contribution >= 0.6 is 0 Å². The van der Waals surface area contributed by atoms with Crippen LogP contribution in [0.1, 0.15) is 24.3 Å². The molecule has 1 atom stereocenters. The van der Waals surface area contributed by atoms with Gasteiger partial charge in [0.05, 0.1) is 12.3 Å². The maximum absolute atomic E-state index is 13.6. The summed E-state index contributed by atoms with van der Waals surface area (Å²) in [5, 5.41) is 14.5. The summed E-state index contributed by atoms with van der Waals surface area (Å²) in [7, 11) is 0. The number of nitrogens with zero attached hydrogens (tertiary/aromatic N) is 4. The second kappa shape index (κ2) is 8.70. The third kappa shape index (κ3) is 4.40. The first-order chi connectivity index (χ1) is 15.0. The first-order valence-electron chi connectivity index (χ1n) is 9.38. The van der Waals surface area contributed by atoms with E-state index < -0.39 is 23.6 Å². The number of halogens is 2. The lowest BCUT2D eigenvalue weighted by Gasteiger charge is -2.16. The minimum atomic E-state index is -0.989. The predicted octanol–water partition coefficient (Wildman–Crippen LogP) is 4.09. The molecule has 31 heavy (non-hydrogen) atoms. The van der Waals surface area contributed by atoms with Crippen LogP contribution in [0.3, 0.4) is 0 Å². The lowest BCUT2D eigenvalue weighted by atomic mass is 10.1. The van der Waals surface area contributed by atoms with Crippen molar-refractivity contribution in [2.45, 2.75) is 13.0 Å². The average molecular weight is 421 g/mol. The highest BCUT2D eigenvalue weighted by molar-refractivity contribution is 6.18. The summed E-state index contributed by atoms with van der Waals surface area (Å²) in [5.41, 5.74) is 1.21. The molecule has 0 aliphatic rings. The van der Waals surface area contributed by atoms with Gasteiger partial charge in [0.25, 0.3) is 5.91 Å². The number of rotatable bonds is 6. The molecule has 0 radical (unpaired) electrons. The van der Waals surface area contributed by atoms with Crippen LogP contribution in [0.2, 0.25) is 0 Å². The van der Waals surface area contributed by atoms with Gasteiger partial charge in [-0.3, -0.25) is 4.79 Å². The van der Waals surface area contributed by atoms with Gasteiger partial charge in [-0.2, -0.15) is 4.68 Å². The molecular weight excluding hydrogens is 404 g/mol. The zero-order chi connectivity index (χ0) is 21.8. The van der Waals surface area contributed by atoms with Crippen LogP contribution in [0.4, 0.5) is 8.78 Å². The van der Waals surface area contributed by atoms with E-state index in [1.54, 1.807) is 19.1 Å². The summed E-state index contributed by atoms with van der Waals surface area (Å²) in [6.45, 7) is 1.66. The van der Waals surface area contributed by atoms with Crippen molar-refractivity contribution in [3.63, 3.8) is 0 Å². The zero-order valence-corrected chi connectivity index (χ0v) is 16.4. The number of aromatic nitrogens is 4. The number of hydrogen-bond donors (Lipinski definition) is 1. The molecule has 4 aromatic rings. The number of carbonyl (C=O) groups is 1. The van der Waals surface area contributed by atoms with Gasteiger partial charge in [-0.15, -0.1) is 5.10 Å². The van der Waals surface area contributed by atoms with Crippen LogP contribution in [-0.4, -0.2) is 26.1 Å². The van der Waals surface area contributed by atoms with E-state index in [1.807, 2.05) is 30.3 Å². The van der Waals surface area contributed by atoms with Gasteiger partial charge >= 0.3 is 0 Å². The molecule has 1 N–H and O–H groups in total. The van der Waals surface area contributed by atoms with Gasteiger partial charge in [0.2, 0.25) is 0 Å². The highest BCUT2D eigenvalue weighted by Gasteiger charge is 2.22. The third-order valence-corrected chi connectivity index (χ3v) is 4.58. The van der Waals surface area contributed by atoms with Gasteiger partial charge in [-0.1, -0.05) is 36.4 Å². The van der Waals surface area contributed by atoms with E-state index in [-0.39, 0.29) is 5.70 Å². The highest BCUT2D eigenvalue weighted by atomic mass is 19.2. The van der Waals surface area contributed by atoms with Crippen LogP contribution in [0.25, 0.3) is 23.2 Å². The standard InChI is InChI=1S/C22H17F2N5O2/c1-14(16-9-10-18(23)19(24)12-16)25-22(30)20(13-17-8-5-11-31-17)29-21(26-27-28-29)15-6-3-2-4-7-15/h2-14H,1H3,(H,25,30)/b20-13-. The van der Waals surface area contributed by atoms with Gasteiger partial charge in [0, 0.05) is 11.6 Å². The smallest absolute Gasteiger partial charge is 0.270 e. The number of furan rings is 1. The Morgan fingerprint density at radius 3 is 2.61 bits per heavy atom. The molecular formula is C22H17F2N5O2. The zero-order valence-electron chi connectivity index (χ0n) is 16.4. The molecule has 2 aromatic carbocycles. The molecule has 0 saturated heterocycles. The maximum atomic E-state index is 13.6. The number of nitrogens with one attached hydrogen (secondary N) is 1. The fraction of sp³-hybridized carbons (Fsp3) is 0.0909. The van der Waals surface area contributed by atoms with Crippen LogP contribution in [0.5, 0.6) is 0 Å². The topological polar surface area (TPSA) is 85.8 Å². The monoisotopic (exact) mass is 421 g/mol. The molecule has 0 spiro atoms. The molecule has 2 aromatic heterocycles. The van der Waals surface area contributed by atoms with Gasteiger partial charge in [0.15, 0.2) is 17.5 Å². The summed E-state index contributed by atoms with van der Waals surface area (Å²) in [6, 6.07) is 15.4. The minimum Gasteiger partial charge on any atom is -0.465 e. The van der Waals surface area contributed by atoms with E-state index in [4.69, 9.17) is 4.42 Å². The second-order valence-corrected chi connectivity index (χ2v) is 6.69. The normalized spacial score (nSPS) is 12.5.